The Kier molecular flexibility index (Phi) is 4.81. The minimum Gasteiger partial charge on any atom is -0.481 e. The topological polar surface area (TPSA) is 48.4 Å². The van der Waals surface area contributed by atoms with E-state index in [9.17, 15) is 13.6 Å². The van der Waals surface area contributed by atoms with E-state index >= 15 is 0 Å². The van der Waals surface area contributed by atoms with E-state index in [4.69, 9.17) is 9.47 Å². The van der Waals surface area contributed by atoms with Crippen molar-refractivity contribution in [3.05, 3.63) is 23.4 Å². The predicted octanol–water partition coefficient (Wildman–Crippen LogP) is 2.13. The van der Waals surface area contributed by atoms with Crippen molar-refractivity contribution in [3.8, 4) is 5.88 Å². The normalized spacial score (nSPS) is 10.4. The van der Waals surface area contributed by atoms with E-state index in [1.807, 2.05) is 0 Å². The van der Waals surface area contributed by atoms with Crippen LogP contribution in [0.4, 0.5) is 8.78 Å². The second-order valence-corrected chi connectivity index (χ2v) is 3.19. The monoisotopic (exact) mass is 245 g/mol. The van der Waals surface area contributed by atoms with Crippen LogP contribution in [0.3, 0.4) is 0 Å². The summed E-state index contributed by atoms with van der Waals surface area (Å²) in [6.07, 6.45) is -2.71. The number of ether oxygens (including phenoxy) is 2. The third-order valence-corrected chi connectivity index (χ3v) is 2.02. The zero-order chi connectivity index (χ0) is 12.8. The number of hydrogen-bond donors (Lipinski definition) is 0. The van der Waals surface area contributed by atoms with Crippen LogP contribution in [-0.4, -0.2) is 24.7 Å². The summed E-state index contributed by atoms with van der Waals surface area (Å²) in [4.78, 5) is 14.9. The van der Waals surface area contributed by atoms with Crippen LogP contribution in [0.5, 0.6) is 5.88 Å². The fourth-order valence-corrected chi connectivity index (χ4v) is 1.28. The highest BCUT2D eigenvalue weighted by Gasteiger charge is 2.15. The third-order valence-electron chi connectivity index (χ3n) is 2.02. The largest absolute Gasteiger partial charge is 0.481 e. The molecule has 0 bridgehead atoms. The first-order valence-corrected chi connectivity index (χ1v) is 5.06. The zero-order valence-electron chi connectivity index (χ0n) is 9.57. The Hall–Kier alpha value is -1.72. The number of pyridine rings is 1. The quantitative estimate of drug-likeness (QED) is 0.745. The SMILES string of the molecule is CCOC(=O)Cc1ccc(C(F)F)nc1OC. The molecule has 1 rings (SSSR count). The van der Waals surface area contributed by atoms with Gasteiger partial charge in [-0.05, 0) is 13.0 Å². The van der Waals surface area contributed by atoms with Gasteiger partial charge in [-0.2, -0.15) is 0 Å². The van der Waals surface area contributed by atoms with Crippen molar-refractivity contribution in [2.24, 2.45) is 0 Å². The number of hydrogen-bond acceptors (Lipinski definition) is 4. The molecular weight excluding hydrogens is 232 g/mol. The number of aromatic nitrogens is 1. The summed E-state index contributed by atoms with van der Waals surface area (Å²) in [5.41, 5.74) is 0.0461. The second kappa shape index (κ2) is 6.12. The smallest absolute Gasteiger partial charge is 0.310 e. The number of rotatable bonds is 5. The van der Waals surface area contributed by atoms with Crippen molar-refractivity contribution in [1.29, 1.82) is 0 Å². The van der Waals surface area contributed by atoms with Crippen molar-refractivity contribution in [1.82, 2.24) is 4.98 Å². The molecule has 1 heterocycles. The average molecular weight is 245 g/mol. The van der Waals surface area contributed by atoms with Gasteiger partial charge in [-0.1, -0.05) is 6.07 Å². The van der Waals surface area contributed by atoms with Crippen molar-refractivity contribution >= 4 is 5.97 Å². The van der Waals surface area contributed by atoms with Crippen molar-refractivity contribution in [2.75, 3.05) is 13.7 Å². The van der Waals surface area contributed by atoms with Gasteiger partial charge in [-0.15, -0.1) is 0 Å². The minimum atomic E-state index is -2.67. The molecule has 1 aromatic heterocycles. The summed E-state index contributed by atoms with van der Waals surface area (Å²) < 4.78 is 34.4. The molecule has 0 aliphatic rings. The molecular formula is C11H13F2NO3. The number of alkyl halides is 2. The molecule has 0 aromatic carbocycles. The summed E-state index contributed by atoms with van der Waals surface area (Å²) in [5.74, 6) is -0.423. The first kappa shape index (κ1) is 13.3. The highest BCUT2D eigenvalue weighted by molar-refractivity contribution is 5.73. The number of carbonyl (C=O) groups is 1. The summed E-state index contributed by atoms with van der Waals surface area (Å²) >= 11 is 0. The minimum absolute atomic E-state index is 0.0239. The van der Waals surface area contributed by atoms with E-state index in [0.29, 0.717) is 5.56 Å². The predicted molar refractivity (Wildman–Crippen MR) is 56.1 cm³/mol. The van der Waals surface area contributed by atoms with E-state index in [0.717, 1.165) is 0 Å². The van der Waals surface area contributed by atoms with Crippen LogP contribution in [0.15, 0.2) is 12.1 Å². The maximum atomic E-state index is 12.4. The number of carbonyl (C=O) groups excluding carboxylic acids is 1. The molecule has 0 aliphatic carbocycles. The van der Waals surface area contributed by atoms with Crippen LogP contribution in [0.2, 0.25) is 0 Å². The van der Waals surface area contributed by atoms with E-state index in [1.165, 1.54) is 19.2 Å². The molecule has 0 aliphatic heterocycles. The molecule has 0 radical (unpaired) electrons. The van der Waals surface area contributed by atoms with Crippen molar-refractivity contribution in [3.63, 3.8) is 0 Å². The van der Waals surface area contributed by atoms with E-state index in [1.54, 1.807) is 6.92 Å². The van der Waals surface area contributed by atoms with Crippen LogP contribution in [0, 0.1) is 0 Å². The van der Waals surface area contributed by atoms with Gasteiger partial charge in [-0.25, -0.2) is 13.8 Å². The molecule has 0 N–H and O–H groups in total. The molecule has 1 aromatic rings. The van der Waals surface area contributed by atoms with Gasteiger partial charge in [0.15, 0.2) is 0 Å². The summed E-state index contributed by atoms with van der Waals surface area (Å²) in [6, 6.07) is 2.56. The zero-order valence-corrected chi connectivity index (χ0v) is 9.57. The molecule has 0 spiro atoms. The lowest BCUT2D eigenvalue weighted by atomic mass is 10.2. The number of nitrogens with zero attached hydrogens (tertiary/aromatic N) is 1. The first-order chi connectivity index (χ1) is 8.08. The Morgan fingerprint density at radius 3 is 2.71 bits per heavy atom. The van der Waals surface area contributed by atoms with Crippen molar-refractivity contribution in [2.45, 2.75) is 19.8 Å². The van der Waals surface area contributed by atoms with Crippen molar-refractivity contribution < 1.29 is 23.0 Å². The number of halogens is 2. The van der Waals surface area contributed by atoms with Crippen LogP contribution >= 0.6 is 0 Å². The maximum Gasteiger partial charge on any atom is 0.310 e. The van der Waals surface area contributed by atoms with Crippen LogP contribution in [-0.2, 0) is 16.0 Å². The van der Waals surface area contributed by atoms with E-state index < -0.39 is 12.4 Å². The highest BCUT2D eigenvalue weighted by Crippen LogP contribution is 2.23. The van der Waals surface area contributed by atoms with Crippen LogP contribution in [0.25, 0.3) is 0 Å². The van der Waals surface area contributed by atoms with E-state index in [2.05, 4.69) is 4.98 Å². The van der Waals surface area contributed by atoms with Gasteiger partial charge in [-0.3, -0.25) is 4.79 Å². The highest BCUT2D eigenvalue weighted by atomic mass is 19.3. The van der Waals surface area contributed by atoms with Gasteiger partial charge in [0.2, 0.25) is 5.88 Å². The molecule has 0 amide bonds. The number of esters is 1. The molecule has 0 saturated heterocycles. The Morgan fingerprint density at radius 2 is 2.18 bits per heavy atom. The van der Waals surface area contributed by atoms with E-state index in [-0.39, 0.29) is 24.6 Å². The first-order valence-electron chi connectivity index (χ1n) is 5.06. The van der Waals surface area contributed by atoms with Gasteiger partial charge in [0.1, 0.15) is 5.69 Å². The van der Waals surface area contributed by atoms with Crippen LogP contribution in [0.1, 0.15) is 24.6 Å². The fraction of sp³-hybridized carbons (Fsp3) is 0.455. The molecule has 0 atom stereocenters. The summed E-state index contributed by atoms with van der Waals surface area (Å²) in [6.45, 7) is 1.96. The Bertz CT molecular complexity index is 396. The van der Waals surface area contributed by atoms with Gasteiger partial charge >= 0.3 is 5.97 Å². The second-order valence-electron chi connectivity index (χ2n) is 3.19. The molecule has 6 heteroatoms. The van der Waals surface area contributed by atoms with Gasteiger partial charge in [0, 0.05) is 5.56 Å². The Labute approximate surface area is 97.6 Å². The lowest BCUT2D eigenvalue weighted by molar-refractivity contribution is -0.142. The lowest BCUT2D eigenvalue weighted by Crippen LogP contribution is -2.09. The van der Waals surface area contributed by atoms with Gasteiger partial charge in [0.05, 0.1) is 20.1 Å². The molecule has 94 valence electrons. The molecule has 0 unspecified atom stereocenters. The van der Waals surface area contributed by atoms with Gasteiger partial charge < -0.3 is 9.47 Å². The summed E-state index contributed by atoms with van der Waals surface area (Å²) in [5, 5.41) is 0. The fourth-order valence-electron chi connectivity index (χ4n) is 1.28. The Morgan fingerprint density at radius 1 is 1.47 bits per heavy atom. The summed E-state index contributed by atoms with van der Waals surface area (Å²) in [7, 11) is 1.31. The number of methoxy groups -OCH3 is 1. The van der Waals surface area contributed by atoms with Gasteiger partial charge in [0.25, 0.3) is 6.43 Å². The standard InChI is InChI=1S/C11H13F2NO3/c1-3-17-9(15)6-7-4-5-8(10(12)13)14-11(7)16-2/h4-5,10H,3,6H2,1-2H3. The molecule has 0 saturated carbocycles. The lowest BCUT2D eigenvalue weighted by Gasteiger charge is -2.08. The van der Waals surface area contributed by atoms with Crippen LogP contribution < -0.4 is 4.74 Å². The molecule has 4 nitrogen and oxygen atoms in total. The average Bonchev–Trinajstić information content (AvgIpc) is 2.29. The third kappa shape index (κ3) is 3.65. The Balaban J connectivity index is 2.89. The molecule has 17 heavy (non-hydrogen) atoms. The molecule has 0 fully saturated rings. The maximum absolute atomic E-state index is 12.4.